The lowest BCUT2D eigenvalue weighted by atomic mass is 10.1. The lowest BCUT2D eigenvalue weighted by Gasteiger charge is -2.14. The number of hydrogen-bond acceptors (Lipinski definition) is 8. The van der Waals surface area contributed by atoms with Gasteiger partial charge in [-0.2, -0.15) is 5.26 Å². The largest absolute Gasteiger partial charge is 0.472 e. The number of hydrogen-bond donors (Lipinski definition) is 2. The molecular weight excluding hydrogens is 471 g/mol. The monoisotopic (exact) mass is 488 g/mol. The second-order valence-electron chi connectivity index (χ2n) is 7.14. The minimum Gasteiger partial charge on any atom is -0.472 e. The van der Waals surface area contributed by atoms with Gasteiger partial charge < -0.3 is 14.5 Å². The zero-order valence-corrected chi connectivity index (χ0v) is 19.2. The van der Waals surface area contributed by atoms with Crippen LogP contribution in [0.25, 0.3) is 22.5 Å². The zero-order valence-electron chi connectivity index (χ0n) is 17.6. The Morgan fingerprint density at radius 1 is 1.12 bits per heavy atom. The molecule has 3 heterocycles. The van der Waals surface area contributed by atoms with E-state index in [-0.39, 0.29) is 11.3 Å². The third-order valence-electron chi connectivity index (χ3n) is 4.88. The average molecular weight is 489 g/mol. The molecule has 0 saturated heterocycles. The molecule has 0 fully saturated rings. The van der Waals surface area contributed by atoms with Crippen LogP contribution in [0.1, 0.15) is 5.56 Å². The number of furan rings is 1. The summed E-state index contributed by atoms with van der Waals surface area (Å²) in [7, 11) is 0. The van der Waals surface area contributed by atoms with Crippen LogP contribution in [0.2, 0.25) is 0 Å². The molecule has 2 aromatic heterocycles. The highest BCUT2D eigenvalue weighted by molar-refractivity contribution is 8.04. The molecule has 0 bridgehead atoms. The molecule has 1 atom stereocenters. The van der Waals surface area contributed by atoms with Crippen LogP contribution in [0.3, 0.4) is 0 Å². The summed E-state index contributed by atoms with van der Waals surface area (Å²) in [6, 6.07) is 19.1. The van der Waals surface area contributed by atoms with E-state index in [1.807, 2.05) is 17.7 Å². The van der Waals surface area contributed by atoms with Gasteiger partial charge in [0.05, 0.1) is 23.8 Å². The number of nitrogens with one attached hydrogen (secondary N) is 2. The summed E-state index contributed by atoms with van der Waals surface area (Å²) in [5.74, 6) is 0.523. The summed E-state index contributed by atoms with van der Waals surface area (Å²) in [4.78, 5) is 5.59. The molecule has 1 aliphatic heterocycles. The highest BCUT2D eigenvalue weighted by Gasteiger charge is 2.16. The Bertz CT molecular complexity index is 1380. The van der Waals surface area contributed by atoms with Crippen molar-refractivity contribution in [1.29, 1.82) is 5.26 Å². The Morgan fingerprint density at radius 2 is 2.03 bits per heavy atom. The lowest BCUT2D eigenvalue weighted by molar-refractivity contribution is 0.480. The average Bonchev–Trinajstić information content (AvgIpc) is 3.58. The first-order chi connectivity index (χ1) is 16.7. The fourth-order valence-corrected chi connectivity index (χ4v) is 4.74. The van der Waals surface area contributed by atoms with E-state index in [9.17, 15) is 9.65 Å². The van der Waals surface area contributed by atoms with E-state index in [4.69, 9.17) is 14.1 Å². The molecule has 5 rings (SSSR count). The van der Waals surface area contributed by atoms with Crippen LogP contribution in [0, 0.1) is 17.1 Å². The molecule has 2 aromatic carbocycles. The van der Waals surface area contributed by atoms with Gasteiger partial charge in [0.1, 0.15) is 28.8 Å². The number of nitriles is 1. The maximum atomic E-state index is 13.7. The van der Waals surface area contributed by atoms with Crippen LogP contribution in [-0.2, 0) is 0 Å². The molecule has 0 aliphatic carbocycles. The van der Waals surface area contributed by atoms with Crippen LogP contribution in [0.15, 0.2) is 94.1 Å². The molecule has 9 heteroatoms. The van der Waals surface area contributed by atoms with Crippen molar-refractivity contribution in [2.24, 2.45) is 0 Å². The minimum atomic E-state index is -0.339. The molecule has 0 amide bonds. The maximum absolute atomic E-state index is 13.7. The van der Waals surface area contributed by atoms with Gasteiger partial charge in [-0.05, 0) is 65.9 Å². The number of aromatic nitrogens is 1. The molecular formula is C25H17FN4O2S2. The van der Waals surface area contributed by atoms with Gasteiger partial charge in [0.25, 0.3) is 0 Å². The molecule has 4 aromatic rings. The molecule has 168 valence electrons. The Hall–Kier alpha value is -3.71. The van der Waals surface area contributed by atoms with Crippen LogP contribution >= 0.6 is 23.7 Å². The van der Waals surface area contributed by atoms with Crippen molar-refractivity contribution >= 4 is 23.7 Å². The Kier molecular flexibility index (Phi) is 6.53. The fraction of sp³-hybridized carbons (Fsp3) is 0.0400. The van der Waals surface area contributed by atoms with Crippen molar-refractivity contribution in [2.75, 3.05) is 0 Å². The van der Waals surface area contributed by atoms with Gasteiger partial charge in [0.2, 0.25) is 0 Å². The highest BCUT2D eigenvalue weighted by Crippen LogP contribution is 2.36. The first kappa shape index (κ1) is 22.1. The minimum absolute atomic E-state index is 0.0756. The van der Waals surface area contributed by atoms with Crippen molar-refractivity contribution in [3.05, 3.63) is 96.2 Å². The van der Waals surface area contributed by atoms with Crippen LogP contribution in [0.4, 0.5) is 4.39 Å². The third kappa shape index (κ3) is 4.94. The van der Waals surface area contributed by atoms with Crippen LogP contribution in [0.5, 0.6) is 11.5 Å². The van der Waals surface area contributed by atoms with Crippen LogP contribution < -0.4 is 14.8 Å². The lowest BCUT2D eigenvalue weighted by Crippen LogP contribution is -2.28. The Morgan fingerprint density at radius 3 is 2.79 bits per heavy atom. The standard InChI is InChI=1S/C25H17FN4O2S2/c26-19-3-1-2-16(12-19)21-5-7-23(24(29-21)17-8-10-31-15-17)32-22-6-4-20(13-18(22)14-27)34-30-25-28-9-11-33-25/h1-13,15,25,28,30H. The van der Waals surface area contributed by atoms with Crippen molar-refractivity contribution in [2.45, 2.75) is 10.4 Å². The number of halogens is 1. The summed E-state index contributed by atoms with van der Waals surface area (Å²) in [6.07, 6.45) is 4.99. The quantitative estimate of drug-likeness (QED) is 0.285. The van der Waals surface area contributed by atoms with E-state index in [1.54, 1.807) is 66.8 Å². The smallest absolute Gasteiger partial charge is 0.153 e. The number of thioether (sulfide) groups is 1. The maximum Gasteiger partial charge on any atom is 0.153 e. The van der Waals surface area contributed by atoms with E-state index in [1.165, 1.54) is 24.1 Å². The van der Waals surface area contributed by atoms with Gasteiger partial charge in [-0.15, -0.1) is 0 Å². The number of rotatable bonds is 7. The van der Waals surface area contributed by atoms with Crippen molar-refractivity contribution in [1.82, 2.24) is 15.0 Å². The Balaban J connectivity index is 1.43. The van der Waals surface area contributed by atoms with E-state index in [2.05, 4.69) is 16.1 Å². The van der Waals surface area contributed by atoms with Crippen molar-refractivity contribution in [3.63, 3.8) is 0 Å². The van der Waals surface area contributed by atoms with Gasteiger partial charge in [-0.25, -0.2) is 14.1 Å². The van der Waals surface area contributed by atoms with E-state index >= 15 is 0 Å². The van der Waals surface area contributed by atoms with Gasteiger partial charge in [-0.3, -0.25) is 0 Å². The first-order valence-corrected chi connectivity index (χ1v) is 12.0. The zero-order chi connectivity index (χ0) is 23.3. The molecule has 6 nitrogen and oxygen atoms in total. The highest BCUT2D eigenvalue weighted by atomic mass is 32.2. The molecule has 0 radical (unpaired) electrons. The fourth-order valence-electron chi connectivity index (χ4n) is 3.28. The summed E-state index contributed by atoms with van der Waals surface area (Å²) in [6.45, 7) is 0. The van der Waals surface area contributed by atoms with Gasteiger partial charge in [0.15, 0.2) is 5.75 Å². The predicted octanol–water partition coefficient (Wildman–Crippen LogP) is 6.50. The summed E-state index contributed by atoms with van der Waals surface area (Å²) in [5.41, 5.74) is 2.94. The predicted molar refractivity (Wildman–Crippen MR) is 131 cm³/mol. The van der Waals surface area contributed by atoms with E-state index in [0.29, 0.717) is 39.6 Å². The number of ether oxygens (including phenoxy) is 1. The van der Waals surface area contributed by atoms with Crippen LogP contribution in [-0.4, -0.2) is 10.5 Å². The summed E-state index contributed by atoms with van der Waals surface area (Å²) >= 11 is 3.06. The van der Waals surface area contributed by atoms with Gasteiger partial charge in [-0.1, -0.05) is 23.9 Å². The number of pyridine rings is 1. The van der Waals surface area contributed by atoms with Crippen molar-refractivity contribution in [3.8, 4) is 40.1 Å². The molecule has 0 spiro atoms. The Labute approximate surface area is 204 Å². The molecule has 1 aliphatic rings. The van der Waals surface area contributed by atoms with E-state index in [0.717, 1.165) is 4.90 Å². The SMILES string of the molecule is N#Cc1cc(SNC2NC=CS2)ccc1Oc1ccc(-c2cccc(F)c2)nc1-c1ccoc1. The third-order valence-corrected chi connectivity index (χ3v) is 6.69. The summed E-state index contributed by atoms with van der Waals surface area (Å²) in [5, 5.41) is 14.9. The topological polar surface area (TPSA) is 83.1 Å². The van der Waals surface area contributed by atoms with E-state index < -0.39 is 0 Å². The number of nitrogens with zero attached hydrogens (tertiary/aromatic N) is 2. The van der Waals surface area contributed by atoms with Gasteiger partial charge in [0, 0.05) is 22.2 Å². The molecule has 34 heavy (non-hydrogen) atoms. The molecule has 0 saturated carbocycles. The first-order valence-electron chi connectivity index (χ1n) is 10.2. The number of benzene rings is 2. The molecule has 2 N–H and O–H groups in total. The normalized spacial score (nSPS) is 14.5. The van der Waals surface area contributed by atoms with Crippen molar-refractivity contribution < 1.29 is 13.5 Å². The summed E-state index contributed by atoms with van der Waals surface area (Å²) < 4.78 is 28.4. The molecule has 1 unspecified atom stereocenters. The van der Waals surface area contributed by atoms with Gasteiger partial charge >= 0.3 is 0 Å². The second kappa shape index (κ2) is 10.1. The second-order valence-corrected chi connectivity index (χ2v) is 9.07.